The van der Waals surface area contributed by atoms with Gasteiger partial charge in [-0.3, -0.25) is 0 Å². The number of methoxy groups -OCH3 is 1. The van der Waals surface area contributed by atoms with Crippen molar-refractivity contribution in [2.45, 2.75) is 44.1 Å². The molecular weight excluding hydrogens is 512 g/mol. The summed E-state index contributed by atoms with van der Waals surface area (Å²) in [5, 5.41) is 26.7. The first kappa shape index (κ1) is 23.0. The van der Waals surface area contributed by atoms with Gasteiger partial charge in [0.25, 0.3) is 5.91 Å². The van der Waals surface area contributed by atoms with E-state index in [9.17, 15) is 23.4 Å². The van der Waals surface area contributed by atoms with Crippen molar-refractivity contribution in [1.29, 1.82) is 0 Å². The zero-order chi connectivity index (χ0) is 22.3. The van der Waals surface area contributed by atoms with E-state index in [1.165, 1.54) is 20.1 Å². The van der Waals surface area contributed by atoms with Crippen LogP contribution in [0.3, 0.4) is 0 Å². The van der Waals surface area contributed by atoms with Gasteiger partial charge in [-0.05, 0) is 61.3 Å². The Labute approximate surface area is 186 Å². The summed E-state index contributed by atoms with van der Waals surface area (Å²) in [6.07, 6.45) is 6.11. The Kier molecular flexibility index (Phi) is 6.18. The number of anilines is 2. The van der Waals surface area contributed by atoms with Crippen LogP contribution in [0.4, 0.5) is 24.5 Å². The standard InChI is InChI=1S/C21H24F3IN2O3/c1-4-6-20(8-9-20)21(28,29)27-17-14(30-3)11-13(22)16(24)18(17)26-19(2)7-5-12(25)10-15(19)23/h4-5,10-11,26-29H,1,6-9H2,2-3H3. The van der Waals surface area contributed by atoms with Crippen LogP contribution < -0.4 is 15.4 Å². The second kappa shape index (κ2) is 8.08. The maximum atomic E-state index is 14.9. The van der Waals surface area contributed by atoms with Gasteiger partial charge in [-0.15, -0.1) is 6.58 Å². The number of aliphatic hydroxyl groups is 2. The fourth-order valence-electron chi connectivity index (χ4n) is 3.56. The van der Waals surface area contributed by atoms with Gasteiger partial charge in [0.2, 0.25) is 0 Å². The SMILES string of the molecule is C=CCC1(C(O)(O)Nc2c(OC)cc(F)c(F)c2NC2(C)CC=C(I)C=C2F)CC1. The van der Waals surface area contributed by atoms with Gasteiger partial charge in [0.15, 0.2) is 11.6 Å². The zero-order valence-corrected chi connectivity index (χ0v) is 18.8. The minimum absolute atomic E-state index is 0.160. The molecule has 0 aliphatic heterocycles. The lowest BCUT2D eigenvalue weighted by molar-refractivity contribution is -0.187. The lowest BCUT2D eigenvalue weighted by Crippen LogP contribution is -2.47. The largest absolute Gasteiger partial charge is 0.494 e. The van der Waals surface area contributed by atoms with E-state index < -0.39 is 40.0 Å². The lowest BCUT2D eigenvalue weighted by Gasteiger charge is -2.36. The maximum absolute atomic E-state index is 14.9. The van der Waals surface area contributed by atoms with Gasteiger partial charge in [0.05, 0.1) is 12.6 Å². The fraction of sp³-hybridized carbons (Fsp3) is 0.429. The van der Waals surface area contributed by atoms with Crippen LogP contribution in [-0.2, 0) is 0 Å². The summed E-state index contributed by atoms with van der Waals surface area (Å²) in [5.74, 6) is -5.69. The molecule has 1 fully saturated rings. The number of benzene rings is 1. The van der Waals surface area contributed by atoms with E-state index in [-0.39, 0.29) is 17.9 Å². The molecule has 2 aliphatic rings. The van der Waals surface area contributed by atoms with E-state index in [0.29, 0.717) is 22.8 Å². The lowest BCUT2D eigenvalue weighted by atomic mass is 9.91. The quantitative estimate of drug-likeness (QED) is 0.211. The molecule has 1 aromatic carbocycles. The van der Waals surface area contributed by atoms with Crippen molar-refractivity contribution in [3.8, 4) is 5.75 Å². The first-order valence-electron chi connectivity index (χ1n) is 9.40. The molecule has 4 N–H and O–H groups in total. The summed E-state index contributed by atoms with van der Waals surface area (Å²) < 4.78 is 49.7. The van der Waals surface area contributed by atoms with Crippen molar-refractivity contribution in [1.82, 2.24) is 0 Å². The minimum Gasteiger partial charge on any atom is -0.494 e. The molecule has 5 nitrogen and oxygen atoms in total. The highest BCUT2D eigenvalue weighted by atomic mass is 127. The average Bonchev–Trinajstić information content (AvgIpc) is 3.46. The first-order chi connectivity index (χ1) is 14.0. The summed E-state index contributed by atoms with van der Waals surface area (Å²) in [6.45, 7) is 5.14. The Morgan fingerprint density at radius 3 is 2.50 bits per heavy atom. The Balaban J connectivity index is 2.06. The van der Waals surface area contributed by atoms with Gasteiger partial charge in [0.1, 0.15) is 23.0 Å². The molecule has 3 rings (SSSR count). The van der Waals surface area contributed by atoms with Gasteiger partial charge < -0.3 is 25.6 Å². The second-order valence-electron chi connectivity index (χ2n) is 7.94. The smallest absolute Gasteiger partial charge is 0.250 e. The third-order valence-corrected chi connectivity index (χ3v) is 6.48. The molecular formula is C21H24F3IN2O3. The molecule has 1 saturated carbocycles. The maximum Gasteiger partial charge on any atom is 0.250 e. The predicted molar refractivity (Wildman–Crippen MR) is 118 cm³/mol. The van der Waals surface area contributed by atoms with Crippen molar-refractivity contribution in [3.05, 3.63) is 51.9 Å². The first-order valence-corrected chi connectivity index (χ1v) is 10.5. The van der Waals surface area contributed by atoms with E-state index in [2.05, 4.69) is 17.2 Å². The van der Waals surface area contributed by atoms with Crippen molar-refractivity contribution in [3.63, 3.8) is 0 Å². The highest BCUT2D eigenvalue weighted by molar-refractivity contribution is 14.1. The zero-order valence-electron chi connectivity index (χ0n) is 16.7. The average molecular weight is 536 g/mol. The third-order valence-electron chi connectivity index (χ3n) is 5.73. The molecule has 1 atom stereocenters. The van der Waals surface area contributed by atoms with E-state index >= 15 is 0 Å². The van der Waals surface area contributed by atoms with Crippen LogP contribution in [0.2, 0.25) is 0 Å². The molecule has 0 aromatic heterocycles. The Bertz CT molecular complexity index is 929. The summed E-state index contributed by atoms with van der Waals surface area (Å²) >= 11 is 1.97. The predicted octanol–water partition coefficient (Wildman–Crippen LogP) is 5.13. The van der Waals surface area contributed by atoms with Gasteiger partial charge in [-0.1, -0.05) is 12.2 Å². The van der Waals surface area contributed by atoms with Crippen molar-refractivity contribution >= 4 is 34.0 Å². The van der Waals surface area contributed by atoms with Crippen LogP contribution in [0.1, 0.15) is 32.6 Å². The monoisotopic (exact) mass is 536 g/mol. The number of hydrogen-bond donors (Lipinski definition) is 4. The summed E-state index contributed by atoms with van der Waals surface area (Å²) in [5.41, 5.74) is -2.95. The number of rotatable bonds is 8. The molecule has 1 unspecified atom stereocenters. The number of allylic oxidation sites excluding steroid dienone is 3. The molecule has 1 aromatic rings. The molecule has 2 aliphatic carbocycles. The summed E-state index contributed by atoms with van der Waals surface area (Å²) in [7, 11) is 1.24. The van der Waals surface area contributed by atoms with E-state index in [1.807, 2.05) is 22.6 Å². The molecule has 0 bridgehead atoms. The Hall–Kier alpha value is -1.72. The van der Waals surface area contributed by atoms with Crippen LogP contribution in [0.15, 0.2) is 40.3 Å². The van der Waals surface area contributed by atoms with Crippen LogP contribution in [0.25, 0.3) is 0 Å². The van der Waals surface area contributed by atoms with Gasteiger partial charge >= 0.3 is 0 Å². The van der Waals surface area contributed by atoms with Gasteiger partial charge in [0, 0.05) is 15.1 Å². The topological polar surface area (TPSA) is 73.8 Å². The molecule has 0 saturated heterocycles. The van der Waals surface area contributed by atoms with Crippen molar-refractivity contribution < 1.29 is 28.1 Å². The van der Waals surface area contributed by atoms with Crippen LogP contribution in [0.5, 0.6) is 5.75 Å². The van der Waals surface area contributed by atoms with E-state index in [0.717, 1.165) is 6.07 Å². The normalized spacial score (nSPS) is 22.7. The van der Waals surface area contributed by atoms with Gasteiger partial charge in [-0.2, -0.15) is 0 Å². The number of ether oxygens (including phenoxy) is 1. The van der Waals surface area contributed by atoms with Crippen LogP contribution in [0, 0.1) is 17.0 Å². The molecule has 30 heavy (non-hydrogen) atoms. The van der Waals surface area contributed by atoms with E-state index in [4.69, 9.17) is 4.74 Å². The number of nitrogens with one attached hydrogen (secondary N) is 2. The molecule has 9 heteroatoms. The fourth-order valence-corrected chi connectivity index (χ4v) is 4.05. The highest BCUT2D eigenvalue weighted by Crippen LogP contribution is 2.57. The van der Waals surface area contributed by atoms with E-state index in [1.54, 1.807) is 12.2 Å². The number of hydrogen-bond acceptors (Lipinski definition) is 5. The third kappa shape index (κ3) is 4.06. The Morgan fingerprint density at radius 1 is 1.30 bits per heavy atom. The molecule has 164 valence electrons. The number of halogens is 4. The van der Waals surface area contributed by atoms with Crippen LogP contribution >= 0.6 is 22.6 Å². The highest BCUT2D eigenvalue weighted by Gasteiger charge is 2.58. The second-order valence-corrected chi connectivity index (χ2v) is 9.18. The molecule has 0 radical (unpaired) electrons. The minimum atomic E-state index is -2.45. The van der Waals surface area contributed by atoms with Gasteiger partial charge in [-0.25, -0.2) is 13.2 Å². The summed E-state index contributed by atoms with van der Waals surface area (Å²) in [4.78, 5) is 0. The molecule has 0 amide bonds. The van der Waals surface area contributed by atoms with Crippen molar-refractivity contribution in [2.75, 3.05) is 17.7 Å². The Morgan fingerprint density at radius 2 is 1.97 bits per heavy atom. The molecule has 0 heterocycles. The van der Waals surface area contributed by atoms with Crippen molar-refractivity contribution in [2.24, 2.45) is 5.41 Å². The summed E-state index contributed by atoms with van der Waals surface area (Å²) in [6, 6.07) is 0.796. The molecule has 0 spiro atoms. The van der Waals surface area contributed by atoms with Crippen LogP contribution in [-0.4, -0.2) is 28.8 Å².